The van der Waals surface area contributed by atoms with Crippen LogP contribution < -0.4 is 5.69 Å². The molecule has 2 rings (SSSR count). The van der Waals surface area contributed by atoms with E-state index in [1.54, 1.807) is 4.57 Å². The molecule has 0 saturated heterocycles. The Hall–Kier alpha value is -1.53. The van der Waals surface area contributed by atoms with Crippen LogP contribution in [0.1, 0.15) is 25.5 Å². The number of rotatable bonds is 4. The van der Waals surface area contributed by atoms with Crippen LogP contribution in [0.15, 0.2) is 39.1 Å². The van der Waals surface area contributed by atoms with E-state index in [0.29, 0.717) is 5.16 Å². The number of aromatic nitrogens is 3. The molecule has 96 valence electrons. The summed E-state index contributed by atoms with van der Waals surface area (Å²) >= 11 is 1.42. The molecule has 0 spiro atoms. The molecule has 6 heteroatoms. The van der Waals surface area contributed by atoms with Crippen molar-refractivity contribution in [3.8, 4) is 0 Å². The van der Waals surface area contributed by atoms with Crippen molar-refractivity contribution in [3.05, 3.63) is 40.3 Å². The third kappa shape index (κ3) is 2.65. The molecule has 2 aromatic rings. The van der Waals surface area contributed by atoms with Crippen molar-refractivity contribution in [1.29, 1.82) is 0 Å². The highest BCUT2D eigenvalue weighted by molar-refractivity contribution is 7.99. The van der Waals surface area contributed by atoms with Crippen LogP contribution in [0.5, 0.6) is 0 Å². The van der Waals surface area contributed by atoms with Crippen LogP contribution >= 0.6 is 11.8 Å². The average Bonchev–Trinajstić information content (AvgIpc) is 2.71. The largest absolute Gasteiger partial charge is 0.392 e. The number of nitrogens with one attached hydrogen (secondary N) is 1. The van der Waals surface area contributed by atoms with Crippen LogP contribution in [0.2, 0.25) is 0 Å². The zero-order chi connectivity index (χ0) is 13.1. The molecule has 1 aromatic heterocycles. The van der Waals surface area contributed by atoms with E-state index in [-0.39, 0.29) is 18.3 Å². The Morgan fingerprint density at radius 2 is 2.06 bits per heavy atom. The predicted molar refractivity (Wildman–Crippen MR) is 69.7 cm³/mol. The minimum absolute atomic E-state index is 0.0318. The highest BCUT2D eigenvalue weighted by Crippen LogP contribution is 2.26. The molecule has 0 amide bonds. The summed E-state index contributed by atoms with van der Waals surface area (Å²) < 4.78 is 1.62. The summed E-state index contributed by atoms with van der Waals surface area (Å²) in [5.74, 6) is 0. The molecule has 2 N–H and O–H groups in total. The summed E-state index contributed by atoms with van der Waals surface area (Å²) in [6.45, 7) is 3.91. The Bertz CT molecular complexity index is 572. The number of aromatic amines is 1. The Balaban J connectivity index is 2.25. The van der Waals surface area contributed by atoms with Crippen LogP contribution in [0.25, 0.3) is 0 Å². The number of H-pyrrole nitrogens is 1. The van der Waals surface area contributed by atoms with E-state index >= 15 is 0 Å². The fourth-order valence-corrected chi connectivity index (χ4v) is 2.55. The maximum absolute atomic E-state index is 11.6. The first-order valence-electron chi connectivity index (χ1n) is 5.66. The molecule has 0 atom stereocenters. The Morgan fingerprint density at radius 3 is 2.61 bits per heavy atom. The number of hydrogen-bond donors (Lipinski definition) is 2. The van der Waals surface area contributed by atoms with Gasteiger partial charge in [-0.2, -0.15) is 0 Å². The van der Waals surface area contributed by atoms with Gasteiger partial charge in [0.25, 0.3) is 0 Å². The molecule has 1 aromatic carbocycles. The predicted octanol–water partition coefficient (Wildman–Crippen LogP) is 1.80. The van der Waals surface area contributed by atoms with Gasteiger partial charge in [-0.1, -0.05) is 12.1 Å². The first-order chi connectivity index (χ1) is 8.61. The number of aliphatic hydroxyl groups is 1. The Morgan fingerprint density at radius 1 is 1.39 bits per heavy atom. The van der Waals surface area contributed by atoms with Gasteiger partial charge in [-0.15, -0.1) is 5.10 Å². The third-order valence-corrected chi connectivity index (χ3v) is 3.48. The average molecular weight is 265 g/mol. The van der Waals surface area contributed by atoms with Gasteiger partial charge < -0.3 is 5.11 Å². The van der Waals surface area contributed by atoms with Crippen LogP contribution in [-0.2, 0) is 6.61 Å². The summed E-state index contributed by atoms with van der Waals surface area (Å²) in [4.78, 5) is 12.6. The lowest BCUT2D eigenvalue weighted by atomic mass is 10.2. The Labute approximate surface area is 109 Å². The zero-order valence-corrected chi connectivity index (χ0v) is 11.1. The summed E-state index contributed by atoms with van der Waals surface area (Å²) in [7, 11) is 0. The van der Waals surface area contributed by atoms with Gasteiger partial charge in [0.15, 0.2) is 5.16 Å². The van der Waals surface area contributed by atoms with Crippen LogP contribution in [-0.4, -0.2) is 19.9 Å². The van der Waals surface area contributed by atoms with Crippen molar-refractivity contribution in [3.63, 3.8) is 0 Å². The monoisotopic (exact) mass is 265 g/mol. The van der Waals surface area contributed by atoms with Crippen molar-refractivity contribution < 1.29 is 5.11 Å². The quantitative estimate of drug-likeness (QED) is 0.884. The van der Waals surface area contributed by atoms with Gasteiger partial charge in [0.05, 0.1) is 6.61 Å². The number of hydrogen-bond acceptors (Lipinski definition) is 4. The number of nitrogens with zero attached hydrogens (tertiary/aromatic N) is 2. The lowest BCUT2D eigenvalue weighted by molar-refractivity contribution is 0.282. The maximum atomic E-state index is 11.6. The van der Waals surface area contributed by atoms with E-state index in [1.807, 2.05) is 38.1 Å². The fourth-order valence-electron chi connectivity index (χ4n) is 1.59. The zero-order valence-electron chi connectivity index (χ0n) is 10.3. The molecule has 0 bridgehead atoms. The topological polar surface area (TPSA) is 70.9 Å². The van der Waals surface area contributed by atoms with Crippen molar-refractivity contribution in [1.82, 2.24) is 14.8 Å². The number of aliphatic hydroxyl groups excluding tert-OH is 1. The molecular weight excluding hydrogens is 250 g/mol. The van der Waals surface area contributed by atoms with Gasteiger partial charge in [0.1, 0.15) is 0 Å². The lowest BCUT2D eigenvalue weighted by Crippen LogP contribution is -2.19. The van der Waals surface area contributed by atoms with Crippen molar-refractivity contribution in [2.24, 2.45) is 0 Å². The van der Waals surface area contributed by atoms with Gasteiger partial charge in [-0.05, 0) is 43.3 Å². The molecule has 0 unspecified atom stereocenters. The smallest absolute Gasteiger partial charge is 0.344 e. The first kappa shape index (κ1) is 12.9. The lowest BCUT2D eigenvalue weighted by Gasteiger charge is -2.08. The second-order valence-electron chi connectivity index (χ2n) is 4.18. The van der Waals surface area contributed by atoms with E-state index in [4.69, 9.17) is 5.11 Å². The molecule has 0 aliphatic rings. The number of benzene rings is 1. The standard InChI is InChI=1S/C12H15N3O2S/c1-8(2)15-11(17)13-14-12(15)18-10-5-3-9(7-16)4-6-10/h3-6,8,16H,7H2,1-2H3,(H,13,17). The minimum atomic E-state index is -0.195. The van der Waals surface area contributed by atoms with Crippen molar-refractivity contribution >= 4 is 11.8 Å². The molecule has 0 aliphatic carbocycles. The van der Waals surface area contributed by atoms with Gasteiger partial charge in [0.2, 0.25) is 0 Å². The van der Waals surface area contributed by atoms with Gasteiger partial charge in [-0.25, -0.2) is 9.89 Å². The minimum Gasteiger partial charge on any atom is -0.392 e. The van der Waals surface area contributed by atoms with Crippen LogP contribution in [0.4, 0.5) is 0 Å². The molecular formula is C12H15N3O2S. The molecule has 0 saturated carbocycles. The normalized spacial score (nSPS) is 11.1. The van der Waals surface area contributed by atoms with Crippen molar-refractivity contribution in [2.45, 2.75) is 36.5 Å². The van der Waals surface area contributed by atoms with Gasteiger partial charge >= 0.3 is 5.69 Å². The SMILES string of the molecule is CC(C)n1c(Sc2ccc(CO)cc2)n[nH]c1=O. The second-order valence-corrected chi connectivity index (χ2v) is 5.22. The van der Waals surface area contributed by atoms with E-state index < -0.39 is 0 Å². The Kier molecular flexibility index (Phi) is 3.88. The molecule has 0 aliphatic heterocycles. The summed E-state index contributed by atoms with van der Waals surface area (Å²) in [5.41, 5.74) is 0.669. The molecule has 5 nitrogen and oxygen atoms in total. The van der Waals surface area contributed by atoms with Gasteiger partial charge in [0, 0.05) is 10.9 Å². The maximum Gasteiger partial charge on any atom is 0.344 e. The van der Waals surface area contributed by atoms with Crippen LogP contribution in [0.3, 0.4) is 0 Å². The summed E-state index contributed by atoms with van der Waals surface area (Å²) in [6, 6.07) is 7.58. The molecule has 18 heavy (non-hydrogen) atoms. The third-order valence-electron chi connectivity index (χ3n) is 2.50. The second kappa shape index (κ2) is 5.41. The molecule has 0 radical (unpaired) electrons. The van der Waals surface area contributed by atoms with Crippen molar-refractivity contribution in [2.75, 3.05) is 0 Å². The molecule has 0 fully saturated rings. The van der Waals surface area contributed by atoms with E-state index in [9.17, 15) is 4.79 Å². The molecule has 1 heterocycles. The summed E-state index contributed by atoms with van der Waals surface area (Å²) in [6.07, 6.45) is 0. The van der Waals surface area contributed by atoms with E-state index in [2.05, 4.69) is 10.2 Å². The summed E-state index contributed by atoms with van der Waals surface area (Å²) in [5, 5.41) is 16.1. The van der Waals surface area contributed by atoms with Gasteiger partial charge in [-0.3, -0.25) is 4.57 Å². The first-order valence-corrected chi connectivity index (χ1v) is 6.48. The van der Waals surface area contributed by atoms with Crippen LogP contribution in [0, 0.1) is 0 Å². The fraction of sp³-hybridized carbons (Fsp3) is 0.333. The van der Waals surface area contributed by atoms with E-state index in [0.717, 1.165) is 10.5 Å². The highest BCUT2D eigenvalue weighted by atomic mass is 32.2. The highest BCUT2D eigenvalue weighted by Gasteiger charge is 2.12. The van der Waals surface area contributed by atoms with E-state index in [1.165, 1.54) is 11.8 Å².